The first-order chi connectivity index (χ1) is 16.4. The van der Waals surface area contributed by atoms with E-state index >= 15 is 0 Å². The van der Waals surface area contributed by atoms with E-state index in [0.29, 0.717) is 35.4 Å². The minimum absolute atomic E-state index is 0.00961. The summed E-state index contributed by atoms with van der Waals surface area (Å²) in [5.74, 6) is -0.0394. The lowest BCUT2D eigenvalue weighted by atomic mass is 9.72. The maximum absolute atomic E-state index is 13.4. The maximum Gasteiger partial charge on any atom is 0.154 e. The summed E-state index contributed by atoms with van der Waals surface area (Å²) in [7, 11) is 1.59. The van der Waals surface area contributed by atoms with Crippen LogP contribution in [0.3, 0.4) is 0 Å². The van der Waals surface area contributed by atoms with Crippen LogP contribution >= 0.6 is 11.6 Å². The van der Waals surface area contributed by atoms with Crippen molar-refractivity contribution in [1.29, 1.82) is 0 Å². The molecule has 0 radical (unpaired) electrons. The smallest absolute Gasteiger partial charge is 0.154 e. The number of aldehydes is 1. The number of carbonyl (C=O) groups is 3. The molecule has 0 bridgehead atoms. The molecule has 2 N–H and O–H groups in total. The first-order valence-corrected chi connectivity index (χ1v) is 11.5. The molecule has 3 rings (SSSR count). The number of Topliss-reactive ketones (excluding diaryl/α,β-unsaturated/α-hetero) is 2. The number of anilines is 1. The van der Waals surface area contributed by atoms with Crippen molar-refractivity contribution in [1.82, 2.24) is 0 Å². The van der Waals surface area contributed by atoms with Crippen LogP contribution in [-0.4, -0.2) is 25.0 Å². The van der Waals surface area contributed by atoms with Crippen molar-refractivity contribution < 1.29 is 19.1 Å². The molecule has 3 aromatic carbocycles. The Bertz CT molecular complexity index is 1120. The Hall–Kier alpha value is -3.44. The zero-order chi connectivity index (χ0) is 24.6. The minimum Gasteiger partial charge on any atom is -0.497 e. The van der Waals surface area contributed by atoms with E-state index in [1.54, 1.807) is 43.5 Å². The summed E-state index contributed by atoms with van der Waals surface area (Å²) in [4.78, 5) is 39.3. The molecular weight excluding hydrogens is 450 g/mol. The molecule has 0 amide bonds. The number of hydrogen-bond donors (Lipinski definition) is 1. The Balaban J connectivity index is 1.81. The SMILES string of the molecule is COc1ccc(CCC(=O)C(C=O)(Cc2ccc(Cl)cc2)C(=O)CCc2ccc(N)cc2)cc1. The van der Waals surface area contributed by atoms with E-state index in [0.717, 1.165) is 16.9 Å². The third-order valence-corrected chi connectivity index (χ3v) is 6.26. The van der Waals surface area contributed by atoms with E-state index in [1.807, 2.05) is 36.4 Å². The van der Waals surface area contributed by atoms with Crippen LogP contribution in [0.5, 0.6) is 5.75 Å². The van der Waals surface area contributed by atoms with E-state index in [4.69, 9.17) is 22.1 Å². The number of nitrogen functional groups attached to an aromatic ring is 1. The second kappa shape index (κ2) is 11.6. The molecule has 176 valence electrons. The molecule has 34 heavy (non-hydrogen) atoms. The van der Waals surface area contributed by atoms with Crippen LogP contribution in [0.2, 0.25) is 5.02 Å². The first kappa shape index (κ1) is 25.2. The summed E-state index contributed by atoms with van der Waals surface area (Å²) in [6.45, 7) is 0. The third-order valence-electron chi connectivity index (χ3n) is 6.01. The van der Waals surface area contributed by atoms with Crippen LogP contribution in [0, 0.1) is 5.41 Å². The quantitative estimate of drug-likeness (QED) is 0.224. The topological polar surface area (TPSA) is 86.5 Å². The zero-order valence-electron chi connectivity index (χ0n) is 19.1. The lowest BCUT2D eigenvalue weighted by Crippen LogP contribution is -2.43. The molecule has 0 heterocycles. The monoisotopic (exact) mass is 477 g/mol. The fourth-order valence-electron chi connectivity index (χ4n) is 3.89. The van der Waals surface area contributed by atoms with Crippen LogP contribution in [0.15, 0.2) is 72.8 Å². The van der Waals surface area contributed by atoms with Crippen LogP contribution < -0.4 is 10.5 Å². The van der Waals surface area contributed by atoms with Crippen molar-refractivity contribution in [2.45, 2.75) is 32.1 Å². The molecule has 0 saturated heterocycles. The van der Waals surface area contributed by atoms with Gasteiger partial charge in [-0.1, -0.05) is 48.0 Å². The number of methoxy groups -OCH3 is 1. The van der Waals surface area contributed by atoms with Gasteiger partial charge in [-0.05, 0) is 72.4 Å². The van der Waals surface area contributed by atoms with Gasteiger partial charge in [0.2, 0.25) is 0 Å². The average molecular weight is 478 g/mol. The molecule has 3 aromatic rings. The van der Waals surface area contributed by atoms with Gasteiger partial charge in [-0.15, -0.1) is 0 Å². The number of nitrogens with two attached hydrogens (primary N) is 1. The van der Waals surface area contributed by atoms with Crippen molar-refractivity contribution in [2.24, 2.45) is 5.41 Å². The van der Waals surface area contributed by atoms with E-state index in [9.17, 15) is 14.4 Å². The van der Waals surface area contributed by atoms with Crippen molar-refractivity contribution >= 4 is 35.1 Å². The van der Waals surface area contributed by atoms with Gasteiger partial charge in [-0.25, -0.2) is 0 Å². The second-order valence-electron chi connectivity index (χ2n) is 8.33. The second-order valence-corrected chi connectivity index (χ2v) is 8.76. The number of ether oxygens (including phenoxy) is 1. The summed E-state index contributed by atoms with van der Waals surface area (Å²) >= 11 is 5.99. The highest BCUT2D eigenvalue weighted by atomic mass is 35.5. The first-order valence-electron chi connectivity index (χ1n) is 11.1. The molecule has 0 aromatic heterocycles. The lowest BCUT2D eigenvalue weighted by molar-refractivity contribution is -0.144. The number of hydrogen-bond acceptors (Lipinski definition) is 5. The lowest BCUT2D eigenvalue weighted by Gasteiger charge is -2.26. The number of rotatable bonds is 12. The van der Waals surface area contributed by atoms with E-state index in [1.165, 1.54) is 0 Å². The van der Waals surface area contributed by atoms with Gasteiger partial charge in [0, 0.05) is 23.6 Å². The van der Waals surface area contributed by atoms with Crippen LogP contribution in [0.4, 0.5) is 5.69 Å². The number of aryl methyl sites for hydroxylation is 2. The van der Waals surface area contributed by atoms with Gasteiger partial charge in [0.05, 0.1) is 7.11 Å². The number of benzene rings is 3. The summed E-state index contributed by atoms with van der Waals surface area (Å²) in [6.07, 6.45) is 1.53. The Morgan fingerprint density at radius 2 is 1.29 bits per heavy atom. The predicted molar refractivity (Wildman–Crippen MR) is 134 cm³/mol. The molecule has 0 fully saturated rings. The van der Waals surface area contributed by atoms with E-state index < -0.39 is 5.41 Å². The molecule has 6 heteroatoms. The number of carbonyl (C=O) groups excluding carboxylic acids is 3. The summed E-state index contributed by atoms with van der Waals surface area (Å²) in [6, 6.07) is 21.5. The molecule has 1 atom stereocenters. The fourth-order valence-corrected chi connectivity index (χ4v) is 4.01. The molecule has 0 saturated carbocycles. The highest BCUT2D eigenvalue weighted by Crippen LogP contribution is 2.29. The van der Waals surface area contributed by atoms with E-state index in [2.05, 4.69) is 0 Å². The molecule has 0 spiro atoms. The van der Waals surface area contributed by atoms with Gasteiger partial charge in [0.1, 0.15) is 17.5 Å². The van der Waals surface area contributed by atoms with Crippen molar-refractivity contribution in [2.75, 3.05) is 12.8 Å². The highest BCUT2D eigenvalue weighted by Gasteiger charge is 2.44. The Morgan fingerprint density at radius 3 is 1.76 bits per heavy atom. The molecule has 1 unspecified atom stereocenters. The van der Waals surface area contributed by atoms with Crippen LogP contribution in [0.25, 0.3) is 0 Å². The van der Waals surface area contributed by atoms with Crippen LogP contribution in [0.1, 0.15) is 29.5 Å². The summed E-state index contributed by atoms with van der Waals surface area (Å²) in [5.41, 5.74) is 7.17. The predicted octanol–water partition coefficient (Wildman–Crippen LogP) is 5.06. The van der Waals surface area contributed by atoms with Gasteiger partial charge >= 0.3 is 0 Å². The standard InChI is InChI=1S/C28H28ClNO4/c1-34-25-14-6-21(7-15-25)9-17-27(33)28(19-31,18-22-2-10-23(29)11-3-22)26(32)16-8-20-4-12-24(30)13-5-20/h2-7,10-15,19H,8-9,16-18,30H2,1H3. The van der Waals surface area contributed by atoms with Crippen LogP contribution in [-0.2, 0) is 33.6 Å². The van der Waals surface area contributed by atoms with E-state index in [-0.39, 0.29) is 30.8 Å². The Morgan fingerprint density at radius 1 is 0.824 bits per heavy atom. The molecule has 0 aliphatic rings. The number of ketones is 2. The maximum atomic E-state index is 13.4. The highest BCUT2D eigenvalue weighted by molar-refractivity contribution is 6.30. The molecule has 0 aliphatic carbocycles. The van der Waals surface area contributed by atoms with Gasteiger partial charge in [0.25, 0.3) is 0 Å². The third kappa shape index (κ3) is 6.33. The average Bonchev–Trinajstić information content (AvgIpc) is 2.86. The minimum atomic E-state index is -1.74. The largest absolute Gasteiger partial charge is 0.497 e. The van der Waals surface area contributed by atoms with Gasteiger partial charge in [-0.3, -0.25) is 9.59 Å². The molecule has 0 aliphatic heterocycles. The van der Waals surface area contributed by atoms with Gasteiger partial charge in [0.15, 0.2) is 11.6 Å². The summed E-state index contributed by atoms with van der Waals surface area (Å²) < 4.78 is 5.17. The summed E-state index contributed by atoms with van der Waals surface area (Å²) in [5, 5.41) is 0.543. The fraction of sp³-hybridized carbons (Fsp3) is 0.250. The van der Waals surface area contributed by atoms with Crippen molar-refractivity contribution in [3.05, 3.63) is 94.5 Å². The molecular formula is C28H28ClNO4. The van der Waals surface area contributed by atoms with Crippen molar-refractivity contribution in [3.63, 3.8) is 0 Å². The van der Waals surface area contributed by atoms with Gasteiger partial charge in [-0.2, -0.15) is 0 Å². The molecule has 5 nitrogen and oxygen atoms in total. The zero-order valence-corrected chi connectivity index (χ0v) is 19.9. The normalized spacial score (nSPS) is 12.5. The van der Waals surface area contributed by atoms with Gasteiger partial charge < -0.3 is 15.3 Å². The van der Waals surface area contributed by atoms with Crippen molar-refractivity contribution in [3.8, 4) is 5.75 Å². The Labute approximate surface area is 204 Å². The number of halogens is 1. The Kier molecular flexibility index (Phi) is 8.61.